The van der Waals surface area contributed by atoms with Gasteiger partial charge in [0, 0.05) is 10.7 Å². The van der Waals surface area contributed by atoms with Crippen molar-refractivity contribution in [3.05, 3.63) is 28.7 Å². The van der Waals surface area contributed by atoms with E-state index in [0.29, 0.717) is 0 Å². The lowest BCUT2D eigenvalue weighted by Gasteiger charge is -2.03. The lowest BCUT2D eigenvalue weighted by molar-refractivity contribution is 0.593. The third kappa shape index (κ3) is 6.17. The van der Waals surface area contributed by atoms with Crippen molar-refractivity contribution in [1.82, 2.24) is 4.72 Å². The Kier molecular flexibility index (Phi) is 5.50. The van der Waals surface area contributed by atoms with Crippen molar-refractivity contribution >= 4 is 42.1 Å². The lowest BCUT2D eigenvalue weighted by Crippen LogP contribution is -2.22. The molecule has 0 unspecified atom stereocenters. The minimum atomic E-state index is -3.66. The van der Waals surface area contributed by atoms with Gasteiger partial charge in [0.2, 0.25) is 0 Å². The van der Waals surface area contributed by atoms with E-state index in [-0.39, 0.29) is 17.2 Å². The maximum absolute atomic E-state index is 11.8. The number of sulfonamides is 1. The maximum Gasteiger partial charge on any atom is 0.262 e. The van der Waals surface area contributed by atoms with Crippen LogP contribution in [-0.2, 0) is 19.9 Å². The first-order chi connectivity index (χ1) is 8.71. The largest absolute Gasteiger partial charge is 0.274 e. The predicted octanol–water partition coefficient (Wildman–Crippen LogP) is 0.800. The second-order valence-electron chi connectivity index (χ2n) is 3.74. The minimum absolute atomic E-state index is 0.0156. The summed E-state index contributed by atoms with van der Waals surface area (Å²) in [6.07, 6.45) is 2.08. The van der Waals surface area contributed by atoms with Gasteiger partial charge in [-0.1, -0.05) is 15.9 Å². The summed E-state index contributed by atoms with van der Waals surface area (Å²) in [5, 5.41) is 0. The highest BCUT2D eigenvalue weighted by molar-refractivity contribution is 9.10. The van der Waals surface area contributed by atoms with Crippen LogP contribution in [0, 0.1) is 0 Å². The maximum atomic E-state index is 11.8. The van der Waals surface area contributed by atoms with Crippen LogP contribution in [-0.4, -0.2) is 41.7 Å². The number of rotatable bonds is 6. The summed E-state index contributed by atoms with van der Waals surface area (Å²) in [4.78, 5) is 3.78. The van der Waals surface area contributed by atoms with Crippen LogP contribution >= 0.6 is 15.9 Å². The van der Waals surface area contributed by atoms with Crippen LogP contribution in [0.15, 0.2) is 38.6 Å². The van der Waals surface area contributed by atoms with Gasteiger partial charge in [0.25, 0.3) is 10.0 Å². The highest BCUT2D eigenvalue weighted by atomic mass is 79.9. The molecule has 106 valence electrons. The van der Waals surface area contributed by atoms with Crippen molar-refractivity contribution < 1.29 is 16.8 Å². The van der Waals surface area contributed by atoms with E-state index in [9.17, 15) is 16.8 Å². The molecule has 0 amide bonds. The zero-order chi connectivity index (χ0) is 14.5. The highest BCUT2D eigenvalue weighted by Gasteiger charge is 2.11. The van der Waals surface area contributed by atoms with Gasteiger partial charge in [-0.25, -0.2) is 16.8 Å². The Bertz CT molecular complexity index is 651. The van der Waals surface area contributed by atoms with E-state index >= 15 is 0 Å². The Balaban J connectivity index is 2.61. The fourth-order valence-corrected chi connectivity index (χ4v) is 2.62. The van der Waals surface area contributed by atoms with Crippen molar-refractivity contribution in [3.8, 4) is 0 Å². The molecule has 1 aromatic rings. The summed E-state index contributed by atoms with van der Waals surface area (Å²) in [6.45, 7) is 0.0156. The van der Waals surface area contributed by atoms with Gasteiger partial charge in [-0.05, 0) is 24.3 Å². The summed E-state index contributed by atoms with van der Waals surface area (Å²) in [7, 11) is -6.76. The van der Waals surface area contributed by atoms with E-state index in [0.717, 1.165) is 17.1 Å². The number of sulfone groups is 1. The van der Waals surface area contributed by atoms with Crippen LogP contribution in [0.4, 0.5) is 0 Å². The monoisotopic (exact) mass is 368 g/mol. The van der Waals surface area contributed by atoms with Crippen LogP contribution in [0.3, 0.4) is 0 Å². The fourth-order valence-electron chi connectivity index (χ4n) is 1.07. The van der Waals surface area contributed by atoms with Gasteiger partial charge in [0.15, 0.2) is 0 Å². The van der Waals surface area contributed by atoms with Crippen LogP contribution in [0.5, 0.6) is 0 Å². The summed E-state index contributed by atoms with van der Waals surface area (Å²) >= 11 is 3.21. The third-order valence-corrected chi connectivity index (χ3v) is 4.78. The number of benzene rings is 1. The first-order valence-corrected chi connectivity index (χ1v) is 9.48. The van der Waals surface area contributed by atoms with Gasteiger partial charge in [-0.2, -0.15) is 0 Å². The molecule has 0 bridgehead atoms. The molecule has 0 atom stereocenters. The van der Waals surface area contributed by atoms with Gasteiger partial charge < -0.3 is 0 Å². The molecule has 0 aliphatic heterocycles. The van der Waals surface area contributed by atoms with Crippen LogP contribution < -0.4 is 4.72 Å². The molecular formula is C10H13BrN2O4S2. The van der Waals surface area contributed by atoms with E-state index < -0.39 is 19.9 Å². The topological polar surface area (TPSA) is 92.7 Å². The highest BCUT2D eigenvalue weighted by Crippen LogP contribution is 2.13. The average Bonchev–Trinajstić information content (AvgIpc) is 2.27. The van der Waals surface area contributed by atoms with E-state index in [1.54, 1.807) is 12.1 Å². The van der Waals surface area contributed by atoms with Crippen molar-refractivity contribution in [3.63, 3.8) is 0 Å². The molecule has 0 aliphatic carbocycles. The molecule has 6 nitrogen and oxygen atoms in total. The smallest absolute Gasteiger partial charge is 0.262 e. The first-order valence-electron chi connectivity index (χ1n) is 5.15. The molecule has 1 rings (SSSR count). The molecule has 0 aromatic heterocycles. The average molecular weight is 369 g/mol. The molecule has 9 heteroatoms. The Morgan fingerprint density at radius 2 is 1.79 bits per heavy atom. The first kappa shape index (κ1) is 16.1. The molecule has 1 N–H and O–H groups in total. The second kappa shape index (κ2) is 6.49. The van der Waals surface area contributed by atoms with Crippen LogP contribution in [0.25, 0.3) is 0 Å². The number of aliphatic imine (C=N–C) groups is 1. The Morgan fingerprint density at radius 1 is 1.21 bits per heavy atom. The fraction of sp³-hybridized carbons (Fsp3) is 0.300. The number of halogens is 1. The summed E-state index contributed by atoms with van der Waals surface area (Å²) in [5.74, 6) is -0.122. The SMILES string of the molecule is CS(=O)(=O)CCN=CNS(=O)(=O)c1ccc(Br)cc1. The molecule has 0 spiro atoms. The van der Waals surface area contributed by atoms with Gasteiger partial charge in [-0.15, -0.1) is 0 Å². The molecule has 1 aromatic carbocycles. The van der Waals surface area contributed by atoms with Crippen LogP contribution in [0.1, 0.15) is 0 Å². The van der Waals surface area contributed by atoms with E-state index in [1.165, 1.54) is 12.1 Å². The van der Waals surface area contributed by atoms with Crippen molar-refractivity contribution in [2.75, 3.05) is 18.6 Å². The Labute approximate surface area is 121 Å². The summed E-state index contributed by atoms with van der Waals surface area (Å²) < 4.78 is 48.1. The zero-order valence-corrected chi connectivity index (χ0v) is 13.3. The lowest BCUT2D eigenvalue weighted by atomic mass is 10.4. The quantitative estimate of drug-likeness (QED) is 0.593. The van der Waals surface area contributed by atoms with E-state index in [1.807, 2.05) is 0 Å². The molecular weight excluding hydrogens is 356 g/mol. The minimum Gasteiger partial charge on any atom is -0.274 e. The molecule has 0 aliphatic rings. The Hall–Kier alpha value is -0.930. The normalized spacial score (nSPS) is 12.7. The van der Waals surface area contributed by atoms with Crippen LogP contribution in [0.2, 0.25) is 0 Å². The number of hydrogen-bond acceptors (Lipinski definition) is 5. The van der Waals surface area contributed by atoms with Crippen molar-refractivity contribution in [2.45, 2.75) is 4.90 Å². The molecule has 0 saturated carbocycles. The third-order valence-electron chi connectivity index (χ3n) is 2.01. The predicted molar refractivity (Wildman–Crippen MR) is 77.5 cm³/mol. The van der Waals surface area contributed by atoms with E-state index in [4.69, 9.17) is 0 Å². The number of nitrogens with zero attached hydrogens (tertiary/aromatic N) is 1. The van der Waals surface area contributed by atoms with Gasteiger partial charge in [-0.3, -0.25) is 9.71 Å². The second-order valence-corrected chi connectivity index (χ2v) is 8.63. The standard InChI is InChI=1S/C10H13BrN2O4S2/c1-18(14,15)7-6-12-8-13-19(16,17)10-4-2-9(11)3-5-10/h2-5,8H,6-7H2,1H3,(H,12,13). The molecule has 0 heterocycles. The van der Waals surface area contributed by atoms with Gasteiger partial charge in [0.05, 0.1) is 23.5 Å². The summed E-state index contributed by atoms with van der Waals surface area (Å²) in [5.41, 5.74) is 0. The molecule has 0 fully saturated rings. The molecule has 0 radical (unpaired) electrons. The van der Waals surface area contributed by atoms with Gasteiger partial charge >= 0.3 is 0 Å². The van der Waals surface area contributed by atoms with Gasteiger partial charge in [0.1, 0.15) is 9.84 Å². The van der Waals surface area contributed by atoms with E-state index in [2.05, 4.69) is 25.6 Å². The number of nitrogens with one attached hydrogen (secondary N) is 1. The Morgan fingerprint density at radius 3 is 2.32 bits per heavy atom. The van der Waals surface area contributed by atoms with Crippen molar-refractivity contribution in [2.24, 2.45) is 4.99 Å². The summed E-state index contributed by atoms with van der Waals surface area (Å²) in [6, 6.07) is 6.10. The molecule has 19 heavy (non-hydrogen) atoms. The zero-order valence-electron chi connectivity index (χ0n) is 10.1. The molecule has 0 saturated heterocycles. The number of hydrogen-bond donors (Lipinski definition) is 1. The van der Waals surface area contributed by atoms with Crippen molar-refractivity contribution in [1.29, 1.82) is 0 Å².